The molecule has 28 heteroatoms. The number of guanidine groups is 1. The van der Waals surface area contributed by atoms with Crippen LogP contribution < -0.4 is 54.4 Å². The molecule has 85 heavy (non-hydrogen) atoms. The molecular weight excluding hydrogens is 1110 g/mol. The Hall–Kier alpha value is -8.27. The number of phenolic OH excluding ortho intramolecular Hbond substituents is 2. The summed E-state index contributed by atoms with van der Waals surface area (Å²) in [6.45, 7) is 11.6. The van der Waals surface area contributed by atoms with Gasteiger partial charge in [-0.3, -0.25) is 48.1 Å². The van der Waals surface area contributed by atoms with Crippen LogP contribution in [0.1, 0.15) is 124 Å². The van der Waals surface area contributed by atoms with Gasteiger partial charge in [-0.2, -0.15) is 0 Å². The molecule has 0 saturated carbocycles. The molecule has 1 aromatic rings. The Morgan fingerprint density at radius 3 is 2.07 bits per heavy atom. The van der Waals surface area contributed by atoms with Crippen LogP contribution in [-0.4, -0.2) is 190 Å². The van der Waals surface area contributed by atoms with Crippen LogP contribution in [0.4, 0.5) is 0 Å². The second-order valence-corrected chi connectivity index (χ2v) is 21.2. The molecule has 1 aromatic carbocycles. The predicted molar refractivity (Wildman–Crippen MR) is 318 cm³/mol. The molecule has 1 aliphatic heterocycles. The average molecular weight is 1200 g/mol. The third-order valence-electron chi connectivity index (χ3n) is 13.3. The minimum Gasteiger partial charge on any atom is -0.508 e. The minimum absolute atomic E-state index is 0.00529. The van der Waals surface area contributed by atoms with E-state index in [9.17, 15) is 68.4 Å². The number of aliphatic hydroxyl groups is 2. The molecule has 1 saturated heterocycles. The Morgan fingerprint density at radius 2 is 1.49 bits per heavy atom. The van der Waals surface area contributed by atoms with Crippen molar-refractivity contribution in [2.75, 3.05) is 40.3 Å². The standard InChI is InChI=1S/C32H43N5O9.C22H44N8O4.C3H6O2/c1-36(24(7-2-3-12-33)30(44)35-22(18-38)14-20-6-4-9-26(40)28(42)16-20)32(46)25-8-5-13-37(25)31(45)23(34-19-39)15-21-10-11-27(41)29(43)17-21;1-13(2)9-10-17(21(34)28-14(3)4)30-19(32)15(5)29-18(31)12-27-20(33)16(25-6)8-7-11-26-22(23)24;1-2-3(4)5/h4,6,10-11,16-19,22-25,40-43H,2-3,5,7-9,12-15,33H2,1H3,(H,34,39)(H,35,44);13-17,25H,7-12H2,1-6H3,(H,27,33)(H,28,34)(H,29,31)(H,30,32)(H4,23,24,26);2H2,1H3,(H,4,5)/t22?,23?,24?,25-;;/m1../s1. The maximum Gasteiger partial charge on any atom is 0.303 e. The first-order chi connectivity index (χ1) is 40.1. The third-order valence-corrected chi connectivity index (χ3v) is 13.3. The zero-order chi connectivity index (χ0) is 64.3. The van der Waals surface area contributed by atoms with Crippen LogP contribution in [0.3, 0.4) is 0 Å². The van der Waals surface area contributed by atoms with Crippen molar-refractivity contribution in [1.82, 2.24) is 47.0 Å². The number of unbranched alkanes of at least 4 members (excludes halogenated alkanes) is 1. The molecule has 3 rings (SSSR count). The Kier molecular flexibility index (Phi) is 35.2. The Labute approximate surface area is 497 Å². The number of amides is 8. The summed E-state index contributed by atoms with van der Waals surface area (Å²) in [4.78, 5) is 130. The number of carbonyl (C=O) groups excluding carboxylic acids is 9. The fourth-order valence-corrected chi connectivity index (χ4v) is 8.63. The molecule has 7 atom stereocenters. The van der Waals surface area contributed by atoms with Crippen LogP contribution in [0.5, 0.6) is 11.5 Å². The normalized spacial score (nSPS) is 15.7. The number of hydrogen-bond donors (Lipinski definition) is 15. The molecule has 8 amide bonds. The highest BCUT2D eigenvalue weighted by molar-refractivity contribution is 5.95. The van der Waals surface area contributed by atoms with Crippen LogP contribution in [0, 0.1) is 5.92 Å². The second-order valence-electron chi connectivity index (χ2n) is 21.2. The van der Waals surface area contributed by atoms with Gasteiger partial charge in [0.2, 0.25) is 47.8 Å². The first-order valence-electron chi connectivity index (χ1n) is 28.5. The smallest absolute Gasteiger partial charge is 0.303 e. The first-order valence-corrected chi connectivity index (χ1v) is 28.5. The Balaban J connectivity index is 0.000000819. The number of aromatic hydroxyl groups is 2. The van der Waals surface area contributed by atoms with Crippen molar-refractivity contribution in [3.8, 4) is 11.5 Å². The number of nitrogens with two attached hydrogens (primary N) is 3. The highest BCUT2D eigenvalue weighted by Crippen LogP contribution is 2.27. The molecule has 0 bridgehead atoms. The fraction of sp³-hybridized carbons (Fsp3) is 0.596. The summed E-state index contributed by atoms with van der Waals surface area (Å²) in [5.41, 5.74) is 17.2. The summed E-state index contributed by atoms with van der Waals surface area (Å²) in [5.74, 6) is -4.79. The first kappa shape index (κ1) is 74.7. The van der Waals surface area contributed by atoms with Gasteiger partial charge < -0.3 is 94.5 Å². The van der Waals surface area contributed by atoms with Gasteiger partial charge in [0.25, 0.3) is 0 Å². The maximum atomic E-state index is 13.9. The summed E-state index contributed by atoms with van der Waals surface area (Å²) in [6.07, 6.45) is 10.4. The van der Waals surface area contributed by atoms with Gasteiger partial charge in [-0.15, -0.1) is 0 Å². The van der Waals surface area contributed by atoms with E-state index < -0.39 is 77.8 Å². The van der Waals surface area contributed by atoms with Crippen LogP contribution in [0.2, 0.25) is 0 Å². The molecule has 0 aromatic heterocycles. The van der Waals surface area contributed by atoms with Gasteiger partial charge >= 0.3 is 5.97 Å². The lowest BCUT2D eigenvalue weighted by atomic mass is 10.0. The van der Waals surface area contributed by atoms with E-state index in [1.54, 1.807) is 26.1 Å². The van der Waals surface area contributed by atoms with E-state index in [0.29, 0.717) is 87.8 Å². The van der Waals surface area contributed by atoms with E-state index in [1.807, 2.05) is 27.7 Å². The van der Waals surface area contributed by atoms with E-state index in [0.717, 1.165) is 6.42 Å². The van der Waals surface area contributed by atoms with Crippen molar-refractivity contribution >= 4 is 66.0 Å². The maximum absolute atomic E-state index is 13.9. The van der Waals surface area contributed by atoms with Gasteiger partial charge in [0.05, 0.1) is 18.6 Å². The van der Waals surface area contributed by atoms with Gasteiger partial charge in [0.15, 0.2) is 23.2 Å². The Morgan fingerprint density at radius 1 is 0.812 bits per heavy atom. The number of carboxylic acid groups (broad SMARTS) is 1. The number of aldehydes is 1. The van der Waals surface area contributed by atoms with E-state index in [-0.39, 0.29) is 92.0 Å². The molecule has 1 aliphatic carbocycles. The molecule has 28 nitrogen and oxygen atoms in total. The fourth-order valence-electron chi connectivity index (χ4n) is 8.63. The minimum atomic E-state index is -1.05. The van der Waals surface area contributed by atoms with Crippen LogP contribution in [0.15, 0.2) is 58.5 Å². The summed E-state index contributed by atoms with van der Waals surface area (Å²) in [5, 5.41) is 65.6. The number of aliphatic imine (C=N–C) groups is 1. The summed E-state index contributed by atoms with van der Waals surface area (Å²) in [7, 11) is 3.11. The van der Waals surface area contributed by atoms with Crippen LogP contribution >= 0.6 is 0 Å². The number of likely N-dealkylation sites (N-methyl/N-ethyl adjacent to an activating group) is 2. The van der Waals surface area contributed by atoms with E-state index in [1.165, 1.54) is 48.0 Å². The lowest BCUT2D eigenvalue weighted by molar-refractivity contribution is -0.148. The van der Waals surface area contributed by atoms with Crippen molar-refractivity contribution < 1.29 is 73.5 Å². The summed E-state index contributed by atoms with van der Waals surface area (Å²) >= 11 is 0. The number of phenols is 2. The van der Waals surface area contributed by atoms with Crippen molar-refractivity contribution in [3.05, 3.63) is 59.1 Å². The summed E-state index contributed by atoms with van der Waals surface area (Å²) in [6, 6.07) is -2.01. The monoisotopic (exact) mass is 1200 g/mol. The van der Waals surface area contributed by atoms with Gasteiger partial charge in [0, 0.05) is 45.4 Å². The van der Waals surface area contributed by atoms with Crippen molar-refractivity contribution in [2.45, 2.75) is 173 Å². The van der Waals surface area contributed by atoms with E-state index >= 15 is 0 Å². The van der Waals surface area contributed by atoms with Gasteiger partial charge in [-0.25, -0.2) is 0 Å². The van der Waals surface area contributed by atoms with E-state index in [4.69, 9.17) is 22.3 Å². The zero-order valence-electron chi connectivity index (χ0n) is 50.2. The molecule has 476 valence electrons. The number of aliphatic hydroxyl groups excluding tert-OH is 2. The number of carboxylic acids is 1. The molecular formula is C57H93N13O15. The largest absolute Gasteiger partial charge is 0.508 e. The third kappa shape index (κ3) is 28.7. The number of nitrogens with zero attached hydrogens (tertiary/aromatic N) is 3. The molecule has 0 radical (unpaired) electrons. The summed E-state index contributed by atoms with van der Waals surface area (Å²) < 4.78 is 0. The molecule has 2 aliphatic rings. The number of benzene rings is 1. The topological polar surface area (TPSA) is 453 Å². The second kappa shape index (κ2) is 40.1. The zero-order valence-corrected chi connectivity index (χ0v) is 50.2. The molecule has 6 unspecified atom stereocenters. The van der Waals surface area contributed by atoms with Gasteiger partial charge in [0.1, 0.15) is 42.3 Å². The van der Waals surface area contributed by atoms with E-state index in [2.05, 4.69) is 42.2 Å². The highest BCUT2D eigenvalue weighted by Gasteiger charge is 2.41. The molecule has 0 spiro atoms. The molecule has 18 N–H and O–H groups in total. The number of likely N-dealkylation sites (tertiary alicyclic amines) is 1. The van der Waals surface area contributed by atoms with Crippen molar-refractivity contribution in [3.63, 3.8) is 0 Å². The van der Waals surface area contributed by atoms with Crippen LogP contribution in [0.25, 0.3) is 0 Å². The quantitative estimate of drug-likeness (QED) is 0.0147. The van der Waals surface area contributed by atoms with Crippen molar-refractivity contribution in [1.29, 1.82) is 0 Å². The average Bonchev–Trinajstić information content (AvgIpc) is 3.54. The van der Waals surface area contributed by atoms with Gasteiger partial charge in [-0.05, 0) is 134 Å². The highest BCUT2D eigenvalue weighted by atomic mass is 16.4. The van der Waals surface area contributed by atoms with Crippen LogP contribution in [-0.2, 0) is 54.4 Å². The number of carbonyl (C=O) groups is 10. The number of allylic oxidation sites excluding steroid dienone is 3. The number of hydrogen-bond acceptors (Lipinski definition) is 17. The lowest BCUT2D eigenvalue weighted by Crippen LogP contribution is -2.57. The van der Waals surface area contributed by atoms with Gasteiger partial charge in [-0.1, -0.05) is 39.0 Å². The van der Waals surface area contributed by atoms with Crippen molar-refractivity contribution in [2.24, 2.45) is 28.1 Å². The lowest BCUT2D eigenvalue weighted by Gasteiger charge is -2.34. The predicted octanol–water partition coefficient (Wildman–Crippen LogP) is 0.165. The molecule has 1 fully saturated rings. The SMILES string of the molecule is CCC(=O)O.CN(C(=O)[C@H]1CCCN1C(=O)C(Cc1ccc(O)c(O)c1)NC=O)C(CCCCN)C(=O)NC(C=O)CC1=CC(O)=C(O)CC=C1.CNC(CCCN=C(N)N)C(=O)NCC(=O)NC(C)C(=O)NC(CCC(C)C)C(=O)NC(C)C. The number of aliphatic carboxylic acids is 1. The number of nitrogens with one attached hydrogen (secondary N) is 7. The Bertz CT molecular complexity index is 2500. The number of rotatable bonds is 33. The molecule has 1 heterocycles.